The molecule has 0 bridgehead atoms. The van der Waals surface area contributed by atoms with Crippen molar-refractivity contribution in [1.82, 2.24) is 10.6 Å². The van der Waals surface area contributed by atoms with Gasteiger partial charge in [-0.1, -0.05) is 20.3 Å². The monoisotopic (exact) mass is 272 g/mol. The number of amides is 2. The Labute approximate surface area is 113 Å². The molecule has 2 atom stereocenters. The molecule has 1 rings (SSSR count). The average Bonchev–Trinajstić information content (AvgIpc) is 2.37. The molecule has 4 N–H and O–H groups in total. The van der Waals surface area contributed by atoms with E-state index in [9.17, 15) is 14.7 Å². The Morgan fingerprint density at radius 1 is 1.26 bits per heavy atom. The molecule has 0 heterocycles. The first-order valence-corrected chi connectivity index (χ1v) is 6.92. The van der Waals surface area contributed by atoms with Crippen LogP contribution in [-0.2, 0) is 4.79 Å². The first-order valence-electron chi connectivity index (χ1n) is 6.92. The molecule has 0 saturated heterocycles. The number of rotatable bonds is 5. The maximum absolute atomic E-state index is 11.8. The maximum Gasteiger partial charge on any atom is 0.326 e. The third kappa shape index (κ3) is 5.06. The van der Waals surface area contributed by atoms with Crippen molar-refractivity contribution in [3.05, 3.63) is 0 Å². The minimum atomic E-state index is -1.01. The van der Waals surface area contributed by atoms with E-state index in [4.69, 9.17) is 5.11 Å². The summed E-state index contributed by atoms with van der Waals surface area (Å²) in [5.74, 6) is -1.13. The lowest BCUT2D eigenvalue weighted by molar-refractivity contribution is -0.140. The van der Waals surface area contributed by atoms with E-state index in [0.29, 0.717) is 19.3 Å². The molecule has 1 aliphatic carbocycles. The fraction of sp³-hybridized carbons (Fsp3) is 0.846. The first-order chi connectivity index (χ1) is 8.93. The van der Waals surface area contributed by atoms with Gasteiger partial charge < -0.3 is 20.8 Å². The second-order valence-electron chi connectivity index (χ2n) is 5.32. The zero-order valence-electron chi connectivity index (χ0n) is 11.6. The molecule has 110 valence electrons. The number of aliphatic hydroxyl groups is 1. The Morgan fingerprint density at radius 2 is 1.84 bits per heavy atom. The van der Waals surface area contributed by atoms with Crippen LogP contribution in [0.1, 0.15) is 46.0 Å². The number of hydrogen-bond donors (Lipinski definition) is 4. The number of carbonyl (C=O) groups excluding carboxylic acids is 1. The van der Waals surface area contributed by atoms with Gasteiger partial charge in [0.1, 0.15) is 6.04 Å². The lowest BCUT2D eigenvalue weighted by Crippen LogP contribution is -2.52. The van der Waals surface area contributed by atoms with E-state index in [1.54, 1.807) is 6.92 Å². The highest BCUT2D eigenvalue weighted by Crippen LogP contribution is 2.18. The highest BCUT2D eigenvalue weighted by atomic mass is 16.4. The van der Waals surface area contributed by atoms with Crippen LogP contribution in [0.4, 0.5) is 4.79 Å². The molecule has 1 aliphatic rings. The van der Waals surface area contributed by atoms with Crippen LogP contribution in [0.25, 0.3) is 0 Å². The van der Waals surface area contributed by atoms with Crippen molar-refractivity contribution in [2.45, 2.75) is 64.1 Å². The summed E-state index contributed by atoms with van der Waals surface area (Å²) in [4.78, 5) is 22.9. The van der Waals surface area contributed by atoms with E-state index in [1.807, 2.05) is 6.92 Å². The van der Waals surface area contributed by atoms with Gasteiger partial charge in [0, 0.05) is 6.04 Å². The summed E-state index contributed by atoms with van der Waals surface area (Å²) >= 11 is 0. The summed E-state index contributed by atoms with van der Waals surface area (Å²) in [6.45, 7) is 3.69. The number of nitrogens with one attached hydrogen (secondary N) is 2. The number of carboxylic acid groups (broad SMARTS) is 1. The Hall–Kier alpha value is -1.30. The molecule has 19 heavy (non-hydrogen) atoms. The number of aliphatic hydroxyl groups excluding tert-OH is 1. The van der Waals surface area contributed by atoms with Crippen molar-refractivity contribution < 1.29 is 19.8 Å². The van der Waals surface area contributed by atoms with Gasteiger partial charge in [-0.25, -0.2) is 9.59 Å². The van der Waals surface area contributed by atoms with Crippen LogP contribution in [0.2, 0.25) is 0 Å². The van der Waals surface area contributed by atoms with Crippen molar-refractivity contribution >= 4 is 12.0 Å². The number of urea groups is 1. The van der Waals surface area contributed by atoms with Crippen LogP contribution >= 0.6 is 0 Å². The van der Waals surface area contributed by atoms with Crippen molar-refractivity contribution in [3.8, 4) is 0 Å². The fourth-order valence-corrected chi connectivity index (χ4v) is 2.27. The minimum absolute atomic E-state index is 0.0229. The fourth-order valence-electron chi connectivity index (χ4n) is 2.27. The second-order valence-corrected chi connectivity index (χ2v) is 5.32. The Morgan fingerprint density at radius 3 is 2.32 bits per heavy atom. The van der Waals surface area contributed by atoms with Crippen LogP contribution in [0.3, 0.4) is 0 Å². The molecule has 1 unspecified atom stereocenters. The number of aliphatic carboxylic acids is 1. The van der Waals surface area contributed by atoms with Crippen LogP contribution in [0.5, 0.6) is 0 Å². The van der Waals surface area contributed by atoms with Crippen molar-refractivity contribution in [2.75, 3.05) is 0 Å². The molecular weight excluding hydrogens is 248 g/mol. The van der Waals surface area contributed by atoms with Gasteiger partial charge in [0.25, 0.3) is 0 Å². The quantitative estimate of drug-likeness (QED) is 0.602. The molecule has 6 heteroatoms. The zero-order chi connectivity index (χ0) is 14.4. The van der Waals surface area contributed by atoms with Crippen LogP contribution in [0.15, 0.2) is 0 Å². The molecule has 2 amide bonds. The standard InChI is InChI=1S/C13H24N2O4/c1-3-8(2)11(12(17)18)15-13(19)14-9-4-6-10(16)7-5-9/h8-11,16H,3-7H2,1-2H3,(H,17,18)(H2,14,15,19)/t8?,9?,10?,11-/m0/s1. The number of hydrogen-bond acceptors (Lipinski definition) is 3. The van der Waals surface area contributed by atoms with Crippen molar-refractivity contribution in [1.29, 1.82) is 0 Å². The third-order valence-electron chi connectivity index (χ3n) is 3.80. The highest BCUT2D eigenvalue weighted by Gasteiger charge is 2.27. The predicted octanol–water partition coefficient (Wildman–Crippen LogP) is 1.09. The molecule has 1 fully saturated rings. The molecule has 0 aromatic rings. The Kier molecular flexibility index (Phi) is 6.08. The van der Waals surface area contributed by atoms with Crippen LogP contribution < -0.4 is 10.6 Å². The maximum atomic E-state index is 11.8. The van der Waals surface area contributed by atoms with Gasteiger partial charge >= 0.3 is 12.0 Å². The largest absolute Gasteiger partial charge is 0.480 e. The van der Waals surface area contributed by atoms with E-state index in [-0.39, 0.29) is 18.1 Å². The van der Waals surface area contributed by atoms with E-state index in [0.717, 1.165) is 12.8 Å². The summed E-state index contributed by atoms with van der Waals surface area (Å²) in [7, 11) is 0. The van der Waals surface area contributed by atoms with Crippen molar-refractivity contribution in [2.24, 2.45) is 5.92 Å². The van der Waals surface area contributed by atoms with Gasteiger partial charge in [0.05, 0.1) is 6.10 Å². The molecule has 0 aromatic carbocycles. The first kappa shape index (κ1) is 15.8. The number of carbonyl (C=O) groups is 2. The summed E-state index contributed by atoms with van der Waals surface area (Å²) in [6.07, 6.45) is 3.24. The molecule has 0 aliphatic heterocycles. The van der Waals surface area contributed by atoms with Gasteiger partial charge in [-0.15, -0.1) is 0 Å². The van der Waals surface area contributed by atoms with Crippen LogP contribution in [-0.4, -0.2) is 40.4 Å². The molecule has 0 radical (unpaired) electrons. The van der Waals surface area contributed by atoms with E-state index < -0.39 is 18.0 Å². The Balaban J connectivity index is 2.42. The molecule has 0 aromatic heterocycles. The smallest absolute Gasteiger partial charge is 0.326 e. The van der Waals surface area contributed by atoms with Gasteiger partial charge in [-0.3, -0.25) is 0 Å². The van der Waals surface area contributed by atoms with Gasteiger partial charge in [-0.05, 0) is 31.6 Å². The zero-order valence-corrected chi connectivity index (χ0v) is 11.6. The molecule has 6 nitrogen and oxygen atoms in total. The minimum Gasteiger partial charge on any atom is -0.480 e. The third-order valence-corrected chi connectivity index (χ3v) is 3.80. The molecule has 1 saturated carbocycles. The molecule has 0 spiro atoms. The lowest BCUT2D eigenvalue weighted by Gasteiger charge is -2.27. The average molecular weight is 272 g/mol. The second kappa shape index (κ2) is 7.33. The Bertz CT molecular complexity index is 314. The van der Waals surface area contributed by atoms with E-state index >= 15 is 0 Å². The molecular formula is C13H24N2O4. The van der Waals surface area contributed by atoms with Gasteiger partial charge in [0.15, 0.2) is 0 Å². The van der Waals surface area contributed by atoms with Gasteiger partial charge in [0.2, 0.25) is 0 Å². The SMILES string of the molecule is CCC(C)[C@H](NC(=O)NC1CCC(O)CC1)C(=O)O. The summed E-state index contributed by atoms with van der Waals surface area (Å²) < 4.78 is 0. The predicted molar refractivity (Wildman–Crippen MR) is 70.8 cm³/mol. The van der Waals surface area contributed by atoms with Crippen LogP contribution in [0, 0.1) is 5.92 Å². The summed E-state index contributed by atoms with van der Waals surface area (Å²) in [6, 6.07) is -1.27. The van der Waals surface area contributed by atoms with Gasteiger partial charge in [-0.2, -0.15) is 0 Å². The normalized spacial score (nSPS) is 26.3. The van der Waals surface area contributed by atoms with E-state index in [1.165, 1.54) is 0 Å². The summed E-state index contributed by atoms with van der Waals surface area (Å²) in [5, 5.41) is 23.8. The topological polar surface area (TPSA) is 98.7 Å². The summed E-state index contributed by atoms with van der Waals surface area (Å²) in [5.41, 5.74) is 0. The highest BCUT2D eigenvalue weighted by molar-refractivity contribution is 5.82. The van der Waals surface area contributed by atoms with E-state index in [2.05, 4.69) is 10.6 Å². The number of carboxylic acids is 1. The lowest BCUT2D eigenvalue weighted by atomic mass is 9.93. The van der Waals surface area contributed by atoms with Crippen molar-refractivity contribution in [3.63, 3.8) is 0 Å².